The Balaban J connectivity index is 1.78. The van der Waals surface area contributed by atoms with Crippen LogP contribution in [0.3, 0.4) is 0 Å². The minimum Gasteiger partial charge on any atom is -0.448 e. The highest BCUT2D eigenvalue weighted by atomic mass is 16.6. The van der Waals surface area contributed by atoms with Crippen LogP contribution in [0.1, 0.15) is 48.2 Å². The first-order valence-electron chi connectivity index (χ1n) is 9.67. The van der Waals surface area contributed by atoms with E-state index in [4.69, 9.17) is 4.42 Å². The molecule has 7 heteroatoms. The second-order valence-corrected chi connectivity index (χ2v) is 7.21. The fourth-order valence-electron chi connectivity index (χ4n) is 3.85. The lowest BCUT2D eigenvalue weighted by Gasteiger charge is -2.13. The van der Waals surface area contributed by atoms with Crippen LogP contribution >= 0.6 is 0 Å². The molecule has 5 rings (SSSR count). The Bertz CT molecular complexity index is 1430. The van der Waals surface area contributed by atoms with Gasteiger partial charge in [0.25, 0.3) is 5.69 Å². The van der Waals surface area contributed by atoms with Crippen LogP contribution in [0.5, 0.6) is 0 Å². The van der Waals surface area contributed by atoms with Gasteiger partial charge in [0, 0.05) is 34.4 Å². The zero-order valence-corrected chi connectivity index (χ0v) is 16.4. The van der Waals surface area contributed by atoms with Crippen molar-refractivity contribution in [2.45, 2.75) is 0 Å². The first-order valence-corrected chi connectivity index (χ1v) is 9.67. The Hall–Kier alpha value is -4.65. The maximum atomic E-state index is 13.4. The van der Waals surface area contributed by atoms with E-state index < -0.39 is 22.3 Å². The molecule has 7 nitrogen and oxygen atoms in total. The van der Waals surface area contributed by atoms with Gasteiger partial charge in [0.1, 0.15) is 0 Å². The maximum Gasteiger partial charge on any atom is 0.269 e. The molecule has 0 unspecified atom stereocenters. The number of nitro groups is 1. The molecule has 154 valence electrons. The molecule has 1 aromatic heterocycles. The van der Waals surface area contributed by atoms with Gasteiger partial charge in [0.15, 0.2) is 17.3 Å². The van der Waals surface area contributed by atoms with E-state index in [2.05, 4.69) is 0 Å². The molecular weight excluding hydrogens is 410 g/mol. The molecule has 0 amide bonds. The van der Waals surface area contributed by atoms with Crippen LogP contribution in [0, 0.1) is 10.1 Å². The van der Waals surface area contributed by atoms with Gasteiger partial charge in [-0.3, -0.25) is 24.5 Å². The zero-order chi connectivity index (χ0) is 22.4. The molecule has 0 fully saturated rings. The molecule has 3 aromatic carbocycles. The van der Waals surface area contributed by atoms with E-state index >= 15 is 0 Å². The molecule has 0 aliphatic heterocycles. The van der Waals surface area contributed by atoms with Crippen molar-refractivity contribution in [2.75, 3.05) is 0 Å². The summed E-state index contributed by atoms with van der Waals surface area (Å²) in [6.45, 7) is 0. The third-order valence-corrected chi connectivity index (χ3v) is 5.37. The number of non-ortho nitro benzene ring substituents is 1. The van der Waals surface area contributed by atoms with Gasteiger partial charge in [-0.25, -0.2) is 0 Å². The quantitative estimate of drug-likeness (QED) is 0.232. The Morgan fingerprint density at radius 2 is 1.34 bits per heavy atom. The number of carbonyl (C=O) groups excluding carboxylic acids is 3. The van der Waals surface area contributed by atoms with Gasteiger partial charge in [-0.15, -0.1) is 0 Å². The van der Waals surface area contributed by atoms with E-state index in [-0.39, 0.29) is 39.5 Å². The molecule has 0 bridgehead atoms. The second kappa shape index (κ2) is 7.24. The van der Waals surface area contributed by atoms with Crippen molar-refractivity contribution in [3.63, 3.8) is 0 Å². The lowest BCUT2D eigenvalue weighted by molar-refractivity contribution is -0.384. The summed E-state index contributed by atoms with van der Waals surface area (Å²) >= 11 is 0. The predicted octanol–water partition coefficient (Wildman–Crippen LogP) is 4.86. The molecule has 4 aromatic rings. The van der Waals surface area contributed by atoms with Gasteiger partial charge in [0.05, 0.1) is 10.5 Å². The number of furan rings is 1. The third kappa shape index (κ3) is 2.87. The number of rotatable bonds is 4. The van der Waals surface area contributed by atoms with Gasteiger partial charge < -0.3 is 4.42 Å². The SMILES string of the molecule is O=C1c2ccccc2C(=O)c2c1oc(C(=O)c1ccccc1)c2-c1ccc([N+](=O)[O-])cc1. The van der Waals surface area contributed by atoms with Crippen LogP contribution in [0.4, 0.5) is 5.69 Å². The average molecular weight is 423 g/mol. The molecule has 0 spiro atoms. The molecule has 0 saturated heterocycles. The van der Waals surface area contributed by atoms with Crippen LogP contribution in [0.15, 0.2) is 83.3 Å². The highest BCUT2D eigenvalue weighted by Gasteiger charge is 2.39. The van der Waals surface area contributed by atoms with Gasteiger partial charge >= 0.3 is 0 Å². The van der Waals surface area contributed by atoms with E-state index in [1.807, 2.05) is 0 Å². The fourth-order valence-corrected chi connectivity index (χ4v) is 3.85. The summed E-state index contributed by atoms with van der Waals surface area (Å²) in [5, 5.41) is 11.1. The largest absolute Gasteiger partial charge is 0.448 e. The van der Waals surface area contributed by atoms with Gasteiger partial charge in [0.2, 0.25) is 11.6 Å². The Kier molecular flexibility index (Phi) is 4.37. The summed E-state index contributed by atoms with van der Waals surface area (Å²) in [4.78, 5) is 50.3. The number of benzene rings is 3. The van der Waals surface area contributed by atoms with E-state index in [1.165, 1.54) is 30.3 Å². The normalized spacial score (nSPS) is 12.2. The Morgan fingerprint density at radius 3 is 1.97 bits per heavy atom. The van der Waals surface area contributed by atoms with Crippen LogP contribution in [0.25, 0.3) is 11.1 Å². The number of ketones is 3. The van der Waals surface area contributed by atoms with Crippen molar-refractivity contribution < 1.29 is 23.7 Å². The minimum atomic E-state index is -0.546. The number of carbonyl (C=O) groups is 3. The van der Waals surface area contributed by atoms with E-state index in [0.29, 0.717) is 11.1 Å². The van der Waals surface area contributed by atoms with E-state index in [1.54, 1.807) is 48.5 Å². The number of hydrogen-bond acceptors (Lipinski definition) is 6. The van der Waals surface area contributed by atoms with Crippen molar-refractivity contribution in [1.29, 1.82) is 0 Å². The molecule has 0 saturated carbocycles. The average Bonchev–Trinajstić information content (AvgIpc) is 3.24. The van der Waals surface area contributed by atoms with Crippen LogP contribution in [-0.2, 0) is 0 Å². The Labute approximate surface area is 181 Å². The molecule has 0 radical (unpaired) electrons. The first kappa shape index (κ1) is 19.3. The molecule has 1 aliphatic rings. The number of nitrogens with zero attached hydrogens (tertiary/aromatic N) is 1. The van der Waals surface area contributed by atoms with E-state index in [9.17, 15) is 24.5 Å². The third-order valence-electron chi connectivity index (χ3n) is 5.37. The van der Waals surface area contributed by atoms with E-state index in [0.717, 1.165) is 0 Å². The van der Waals surface area contributed by atoms with Crippen molar-refractivity contribution in [2.24, 2.45) is 0 Å². The lowest BCUT2D eigenvalue weighted by atomic mass is 9.84. The van der Waals surface area contributed by atoms with Crippen molar-refractivity contribution in [1.82, 2.24) is 0 Å². The standard InChI is InChI=1S/C25H13NO6/c27-21(15-6-2-1-3-7-15)24-19(14-10-12-16(13-11-14)26(30)31)20-22(28)17-8-4-5-9-18(17)23(29)25(20)32-24/h1-13H. The summed E-state index contributed by atoms with van der Waals surface area (Å²) < 4.78 is 5.77. The van der Waals surface area contributed by atoms with Crippen LogP contribution < -0.4 is 0 Å². The smallest absolute Gasteiger partial charge is 0.269 e. The van der Waals surface area contributed by atoms with Gasteiger partial charge in [-0.2, -0.15) is 0 Å². The molecule has 1 heterocycles. The van der Waals surface area contributed by atoms with Gasteiger partial charge in [-0.1, -0.05) is 54.6 Å². The number of hydrogen-bond donors (Lipinski definition) is 0. The van der Waals surface area contributed by atoms with Crippen LogP contribution in [0.2, 0.25) is 0 Å². The topological polar surface area (TPSA) is 107 Å². The first-order chi connectivity index (χ1) is 15.5. The number of fused-ring (bicyclic) bond motifs is 2. The van der Waals surface area contributed by atoms with Crippen molar-refractivity contribution >= 4 is 23.0 Å². The maximum absolute atomic E-state index is 13.4. The lowest BCUT2D eigenvalue weighted by Crippen LogP contribution is -2.19. The summed E-state index contributed by atoms with van der Waals surface area (Å²) in [5.41, 5.74) is 1.09. The number of nitro benzene ring substituents is 1. The second-order valence-electron chi connectivity index (χ2n) is 7.21. The highest BCUT2D eigenvalue weighted by molar-refractivity contribution is 6.31. The molecule has 0 N–H and O–H groups in total. The zero-order valence-electron chi connectivity index (χ0n) is 16.4. The monoisotopic (exact) mass is 423 g/mol. The van der Waals surface area contributed by atoms with Crippen molar-refractivity contribution in [3.8, 4) is 11.1 Å². The van der Waals surface area contributed by atoms with Crippen LogP contribution in [-0.4, -0.2) is 22.3 Å². The molecule has 32 heavy (non-hydrogen) atoms. The predicted molar refractivity (Wildman–Crippen MR) is 114 cm³/mol. The Morgan fingerprint density at radius 1 is 0.750 bits per heavy atom. The molecular formula is C25H13NO6. The highest BCUT2D eigenvalue weighted by Crippen LogP contribution is 2.40. The summed E-state index contributed by atoms with van der Waals surface area (Å²) in [6, 6.07) is 20.1. The van der Waals surface area contributed by atoms with Crippen molar-refractivity contribution in [3.05, 3.63) is 123 Å². The minimum absolute atomic E-state index is 0.0122. The molecule has 1 aliphatic carbocycles. The van der Waals surface area contributed by atoms with Gasteiger partial charge in [-0.05, 0) is 17.7 Å². The summed E-state index contributed by atoms with van der Waals surface area (Å²) in [6.07, 6.45) is 0. The fraction of sp³-hybridized carbons (Fsp3) is 0. The molecule has 0 atom stereocenters. The summed E-state index contributed by atoms with van der Waals surface area (Å²) in [5.74, 6) is -1.81. The summed E-state index contributed by atoms with van der Waals surface area (Å²) in [7, 11) is 0.